The lowest BCUT2D eigenvalue weighted by atomic mass is 10.00. The predicted octanol–water partition coefficient (Wildman–Crippen LogP) is 4.10. The molecule has 2 aromatic rings. The Balaban J connectivity index is 2.48. The van der Waals surface area contributed by atoms with E-state index in [9.17, 15) is 0 Å². The molecule has 0 N–H and O–H groups in total. The molecular formula is C14H15BrN2. The van der Waals surface area contributed by atoms with Crippen LogP contribution in [0.4, 0.5) is 0 Å². The molecule has 0 aliphatic heterocycles. The van der Waals surface area contributed by atoms with Crippen LogP contribution >= 0.6 is 15.9 Å². The molecule has 2 rings (SSSR count). The van der Waals surface area contributed by atoms with Gasteiger partial charge < -0.3 is 0 Å². The largest absolute Gasteiger partial charge is 0.254 e. The smallest absolute Gasteiger partial charge is 0.103 e. The Labute approximate surface area is 110 Å². The number of halogens is 1. The highest BCUT2D eigenvalue weighted by atomic mass is 79.9. The van der Waals surface area contributed by atoms with Crippen molar-refractivity contribution in [1.29, 1.82) is 0 Å². The van der Waals surface area contributed by atoms with E-state index in [4.69, 9.17) is 0 Å². The number of hydrogen-bond acceptors (Lipinski definition) is 2. The van der Waals surface area contributed by atoms with Crippen LogP contribution in [0.1, 0.15) is 19.4 Å². The summed E-state index contributed by atoms with van der Waals surface area (Å²) < 4.78 is 0.990. The van der Waals surface area contributed by atoms with Crippen molar-refractivity contribution in [3.05, 3.63) is 46.7 Å². The molecule has 0 spiro atoms. The van der Waals surface area contributed by atoms with Gasteiger partial charge in [-0.05, 0) is 52.0 Å². The Kier molecular flexibility index (Phi) is 3.89. The number of nitrogens with zero attached hydrogens (tertiary/aromatic N) is 2. The molecule has 2 nitrogen and oxygen atoms in total. The van der Waals surface area contributed by atoms with Gasteiger partial charge in [0.15, 0.2) is 0 Å². The first-order valence-corrected chi connectivity index (χ1v) is 6.52. The van der Waals surface area contributed by atoms with E-state index < -0.39 is 0 Å². The minimum atomic E-state index is 0.612. The maximum Gasteiger partial charge on any atom is 0.103 e. The summed E-state index contributed by atoms with van der Waals surface area (Å²) >= 11 is 3.53. The van der Waals surface area contributed by atoms with Gasteiger partial charge in [0.05, 0.1) is 5.69 Å². The van der Waals surface area contributed by atoms with Gasteiger partial charge in [0.25, 0.3) is 0 Å². The van der Waals surface area contributed by atoms with E-state index in [1.165, 1.54) is 5.56 Å². The van der Waals surface area contributed by atoms with Crippen LogP contribution in [0.25, 0.3) is 11.4 Å². The summed E-state index contributed by atoms with van der Waals surface area (Å²) in [4.78, 5) is 8.88. The average molecular weight is 291 g/mol. The summed E-state index contributed by atoms with van der Waals surface area (Å²) in [6.07, 6.45) is 4.64. The maximum atomic E-state index is 4.47. The Morgan fingerprint density at radius 1 is 1.06 bits per heavy atom. The van der Waals surface area contributed by atoms with Crippen LogP contribution < -0.4 is 0 Å². The quantitative estimate of drug-likeness (QED) is 0.850. The first-order chi connectivity index (χ1) is 8.18. The molecule has 0 saturated heterocycles. The second-order valence-corrected chi connectivity index (χ2v) is 5.30. The van der Waals surface area contributed by atoms with Gasteiger partial charge in [-0.2, -0.15) is 0 Å². The SMILES string of the molecule is CC(C)Cc1cccnc1-c1ncccc1Br. The summed E-state index contributed by atoms with van der Waals surface area (Å²) in [5, 5.41) is 0. The molecule has 0 saturated carbocycles. The van der Waals surface area contributed by atoms with E-state index in [1.54, 1.807) is 6.20 Å². The molecule has 0 unspecified atom stereocenters. The Morgan fingerprint density at radius 3 is 2.35 bits per heavy atom. The molecule has 0 bridgehead atoms. The Hall–Kier alpha value is -1.22. The molecule has 2 aromatic heterocycles. The van der Waals surface area contributed by atoms with Crippen molar-refractivity contribution < 1.29 is 0 Å². The lowest BCUT2D eigenvalue weighted by Crippen LogP contribution is -2.00. The molecule has 0 aliphatic carbocycles. The Bertz CT molecular complexity index is 509. The van der Waals surface area contributed by atoms with Crippen LogP contribution in [0.3, 0.4) is 0 Å². The van der Waals surface area contributed by atoms with Gasteiger partial charge in [-0.15, -0.1) is 0 Å². The van der Waals surface area contributed by atoms with Crippen LogP contribution in [-0.4, -0.2) is 9.97 Å². The monoisotopic (exact) mass is 290 g/mol. The second kappa shape index (κ2) is 5.41. The second-order valence-electron chi connectivity index (χ2n) is 4.44. The number of hydrogen-bond donors (Lipinski definition) is 0. The standard InChI is InChI=1S/C14H15BrN2/c1-10(2)9-11-5-3-7-16-13(11)14-12(15)6-4-8-17-14/h3-8,10H,9H2,1-2H3. The zero-order valence-corrected chi connectivity index (χ0v) is 11.6. The van der Waals surface area contributed by atoms with Crippen LogP contribution in [0.5, 0.6) is 0 Å². The van der Waals surface area contributed by atoms with Crippen LogP contribution in [0, 0.1) is 5.92 Å². The molecule has 0 atom stereocenters. The Morgan fingerprint density at radius 2 is 1.71 bits per heavy atom. The summed E-state index contributed by atoms with van der Waals surface area (Å²) in [7, 11) is 0. The molecule has 3 heteroatoms. The number of pyridine rings is 2. The predicted molar refractivity (Wildman–Crippen MR) is 73.7 cm³/mol. The first-order valence-electron chi connectivity index (χ1n) is 5.73. The van der Waals surface area contributed by atoms with E-state index in [2.05, 4.69) is 45.8 Å². The highest BCUT2D eigenvalue weighted by Gasteiger charge is 2.11. The third-order valence-corrected chi connectivity index (χ3v) is 3.14. The lowest BCUT2D eigenvalue weighted by Gasteiger charge is -2.10. The van der Waals surface area contributed by atoms with Gasteiger partial charge in [0.2, 0.25) is 0 Å². The summed E-state index contributed by atoms with van der Waals surface area (Å²) in [5.74, 6) is 0.612. The van der Waals surface area contributed by atoms with E-state index in [0.29, 0.717) is 5.92 Å². The number of aromatic nitrogens is 2. The molecule has 0 aromatic carbocycles. The summed E-state index contributed by atoms with van der Waals surface area (Å²) in [6.45, 7) is 4.43. The normalized spacial score (nSPS) is 10.8. The van der Waals surface area contributed by atoms with Gasteiger partial charge in [-0.25, -0.2) is 0 Å². The van der Waals surface area contributed by atoms with E-state index >= 15 is 0 Å². The van der Waals surface area contributed by atoms with E-state index in [1.807, 2.05) is 24.4 Å². The van der Waals surface area contributed by atoms with Gasteiger partial charge in [-0.1, -0.05) is 19.9 Å². The zero-order valence-electron chi connectivity index (χ0n) is 10.0. The summed E-state index contributed by atoms with van der Waals surface area (Å²) in [5.41, 5.74) is 3.15. The maximum absolute atomic E-state index is 4.47. The van der Waals surface area contributed by atoms with Crippen molar-refractivity contribution in [2.45, 2.75) is 20.3 Å². The van der Waals surface area contributed by atoms with Crippen molar-refractivity contribution in [2.24, 2.45) is 5.92 Å². The van der Waals surface area contributed by atoms with Crippen molar-refractivity contribution in [3.63, 3.8) is 0 Å². The van der Waals surface area contributed by atoms with Crippen molar-refractivity contribution >= 4 is 15.9 Å². The fourth-order valence-electron chi connectivity index (χ4n) is 1.82. The molecule has 0 amide bonds. The molecule has 88 valence electrons. The van der Waals surface area contributed by atoms with Gasteiger partial charge in [0, 0.05) is 16.9 Å². The van der Waals surface area contributed by atoms with Crippen LogP contribution in [0.15, 0.2) is 41.1 Å². The molecule has 0 radical (unpaired) electrons. The van der Waals surface area contributed by atoms with Gasteiger partial charge in [-0.3, -0.25) is 9.97 Å². The van der Waals surface area contributed by atoms with E-state index in [0.717, 1.165) is 22.3 Å². The third-order valence-electron chi connectivity index (χ3n) is 2.50. The van der Waals surface area contributed by atoms with Gasteiger partial charge in [0.1, 0.15) is 5.69 Å². The minimum absolute atomic E-state index is 0.612. The van der Waals surface area contributed by atoms with E-state index in [-0.39, 0.29) is 0 Å². The van der Waals surface area contributed by atoms with Gasteiger partial charge >= 0.3 is 0 Å². The molecular weight excluding hydrogens is 276 g/mol. The summed E-state index contributed by atoms with van der Waals surface area (Å²) in [6, 6.07) is 8.02. The lowest BCUT2D eigenvalue weighted by molar-refractivity contribution is 0.646. The first kappa shape index (κ1) is 12.2. The topological polar surface area (TPSA) is 25.8 Å². The van der Waals surface area contributed by atoms with Crippen LogP contribution in [0.2, 0.25) is 0 Å². The number of rotatable bonds is 3. The van der Waals surface area contributed by atoms with Crippen LogP contribution in [-0.2, 0) is 6.42 Å². The highest BCUT2D eigenvalue weighted by Crippen LogP contribution is 2.27. The molecule has 17 heavy (non-hydrogen) atoms. The highest BCUT2D eigenvalue weighted by molar-refractivity contribution is 9.10. The van der Waals surface area contributed by atoms with Crippen molar-refractivity contribution in [1.82, 2.24) is 9.97 Å². The molecule has 2 heterocycles. The minimum Gasteiger partial charge on any atom is -0.254 e. The van der Waals surface area contributed by atoms with Crippen molar-refractivity contribution in [3.8, 4) is 11.4 Å². The molecule has 0 fully saturated rings. The fraction of sp³-hybridized carbons (Fsp3) is 0.286. The fourth-order valence-corrected chi connectivity index (χ4v) is 2.26. The zero-order chi connectivity index (χ0) is 12.3. The van der Waals surface area contributed by atoms with Crippen molar-refractivity contribution in [2.75, 3.05) is 0 Å². The third kappa shape index (κ3) is 2.91. The average Bonchev–Trinajstić information content (AvgIpc) is 2.30. The molecule has 0 aliphatic rings.